The molecule has 1 aromatic heterocycles. The molecule has 1 aromatic carbocycles. The highest BCUT2D eigenvalue weighted by molar-refractivity contribution is 7.80. The highest BCUT2D eigenvalue weighted by Gasteiger charge is 2.07. The minimum Gasteiger partial charge on any atom is -0.495 e. The predicted octanol–water partition coefficient (Wildman–Crippen LogP) is 2.63. The van der Waals surface area contributed by atoms with E-state index >= 15 is 0 Å². The van der Waals surface area contributed by atoms with Gasteiger partial charge in [0.25, 0.3) is 0 Å². The van der Waals surface area contributed by atoms with E-state index in [2.05, 4.69) is 16.2 Å². The van der Waals surface area contributed by atoms with Crippen molar-refractivity contribution in [2.45, 2.75) is 13.3 Å². The lowest BCUT2D eigenvalue weighted by atomic mass is 10.2. The van der Waals surface area contributed by atoms with Crippen LogP contribution in [-0.2, 0) is 11.2 Å². The van der Waals surface area contributed by atoms with E-state index in [0.29, 0.717) is 17.3 Å². The lowest BCUT2D eigenvalue weighted by Crippen LogP contribution is -2.44. The summed E-state index contributed by atoms with van der Waals surface area (Å²) in [4.78, 5) is 12.8. The number of hydrazine groups is 1. The van der Waals surface area contributed by atoms with Gasteiger partial charge in [-0.2, -0.15) is 0 Å². The van der Waals surface area contributed by atoms with Gasteiger partial charge in [0.15, 0.2) is 5.11 Å². The van der Waals surface area contributed by atoms with E-state index in [1.54, 1.807) is 18.4 Å². The summed E-state index contributed by atoms with van der Waals surface area (Å²) in [5, 5.41) is 5.23. The monoisotopic (exact) mass is 335 g/mol. The maximum absolute atomic E-state index is 11.8. The van der Waals surface area contributed by atoms with Gasteiger partial charge in [0.2, 0.25) is 5.91 Å². The number of rotatable bonds is 4. The molecule has 7 heteroatoms. The second-order valence-electron chi connectivity index (χ2n) is 4.59. The molecule has 2 aromatic rings. The van der Waals surface area contributed by atoms with Crippen molar-refractivity contribution in [2.75, 3.05) is 12.4 Å². The van der Waals surface area contributed by atoms with Crippen molar-refractivity contribution >= 4 is 40.3 Å². The number of hydrogen-bond donors (Lipinski definition) is 3. The van der Waals surface area contributed by atoms with Crippen molar-refractivity contribution in [1.82, 2.24) is 10.9 Å². The molecule has 0 atom stereocenters. The fourth-order valence-electron chi connectivity index (χ4n) is 1.82. The largest absolute Gasteiger partial charge is 0.495 e. The van der Waals surface area contributed by atoms with E-state index in [9.17, 15) is 4.79 Å². The van der Waals surface area contributed by atoms with Crippen LogP contribution >= 0.6 is 23.6 Å². The van der Waals surface area contributed by atoms with Crippen LogP contribution in [0.2, 0.25) is 0 Å². The van der Waals surface area contributed by atoms with Crippen molar-refractivity contribution in [3.63, 3.8) is 0 Å². The second-order valence-corrected chi connectivity index (χ2v) is 6.03. The number of hydrogen-bond acceptors (Lipinski definition) is 4. The smallest absolute Gasteiger partial charge is 0.243 e. The summed E-state index contributed by atoms with van der Waals surface area (Å²) < 4.78 is 5.26. The van der Waals surface area contributed by atoms with Gasteiger partial charge in [-0.3, -0.25) is 15.6 Å². The Morgan fingerprint density at radius 2 is 2.14 bits per heavy atom. The van der Waals surface area contributed by atoms with E-state index in [-0.39, 0.29) is 5.91 Å². The number of thiocarbonyl (C=S) groups is 1. The maximum atomic E-state index is 11.8. The number of carbonyl (C=O) groups is 1. The Morgan fingerprint density at radius 3 is 2.82 bits per heavy atom. The Labute approximate surface area is 138 Å². The summed E-state index contributed by atoms with van der Waals surface area (Å²) in [5.41, 5.74) is 7.07. The standard InChI is InChI=1S/C15H17N3O2S2/c1-10-5-6-13(20-2)12(8-10)16-15(21)18-17-14(19)9-11-4-3-7-22-11/h3-8H,9H2,1-2H3,(H,17,19)(H2,16,18,21). The van der Waals surface area contributed by atoms with Crippen LogP contribution in [-0.4, -0.2) is 18.1 Å². The molecule has 0 saturated heterocycles. The lowest BCUT2D eigenvalue weighted by Gasteiger charge is -2.14. The first-order valence-electron chi connectivity index (χ1n) is 6.61. The summed E-state index contributed by atoms with van der Waals surface area (Å²) in [7, 11) is 1.59. The first-order chi connectivity index (χ1) is 10.6. The molecule has 0 bridgehead atoms. The average Bonchev–Trinajstić information content (AvgIpc) is 2.98. The zero-order valence-corrected chi connectivity index (χ0v) is 13.9. The Morgan fingerprint density at radius 1 is 1.32 bits per heavy atom. The molecule has 1 heterocycles. The average molecular weight is 335 g/mol. The van der Waals surface area contributed by atoms with Gasteiger partial charge in [0, 0.05) is 4.88 Å². The van der Waals surface area contributed by atoms with E-state index in [1.165, 1.54) is 0 Å². The minimum absolute atomic E-state index is 0.150. The molecular formula is C15H17N3O2S2. The van der Waals surface area contributed by atoms with Crippen molar-refractivity contribution in [3.8, 4) is 5.75 Å². The minimum atomic E-state index is -0.150. The highest BCUT2D eigenvalue weighted by Crippen LogP contribution is 2.24. The summed E-state index contributed by atoms with van der Waals surface area (Å²) >= 11 is 6.70. The highest BCUT2D eigenvalue weighted by atomic mass is 32.1. The predicted molar refractivity (Wildman–Crippen MR) is 93.3 cm³/mol. The third-order valence-electron chi connectivity index (χ3n) is 2.83. The van der Waals surface area contributed by atoms with Crippen molar-refractivity contribution in [3.05, 3.63) is 46.2 Å². The number of aryl methyl sites for hydroxylation is 1. The summed E-state index contributed by atoms with van der Waals surface area (Å²) in [5.74, 6) is 0.530. The van der Waals surface area contributed by atoms with Crippen LogP contribution in [0.3, 0.4) is 0 Å². The van der Waals surface area contributed by atoms with Gasteiger partial charge in [-0.25, -0.2) is 0 Å². The lowest BCUT2D eigenvalue weighted by molar-refractivity contribution is -0.120. The SMILES string of the molecule is COc1ccc(C)cc1NC(=S)NNC(=O)Cc1cccs1. The Bertz CT molecular complexity index is 657. The number of ether oxygens (including phenoxy) is 1. The van der Waals surface area contributed by atoms with Crippen LogP contribution in [0.15, 0.2) is 35.7 Å². The zero-order valence-electron chi connectivity index (χ0n) is 12.3. The van der Waals surface area contributed by atoms with Gasteiger partial charge in [-0.1, -0.05) is 12.1 Å². The van der Waals surface area contributed by atoms with Crippen LogP contribution in [0.25, 0.3) is 0 Å². The molecular weight excluding hydrogens is 318 g/mol. The molecule has 2 rings (SSSR count). The van der Waals surface area contributed by atoms with Crippen LogP contribution in [0, 0.1) is 6.92 Å². The molecule has 1 amide bonds. The maximum Gasteiger partial charge on any atom is 0.243 e. The van der Waals surface area contributed by atoms with Gasteiger partial charge in [0.05, 0.1) is 19.2 Å². The molecule has 0 aliphatic rings. The van der Waals surface area contributed by atoms with Crippen LogP contribution in [0.5, 0.6) is 5.75 Å². The van der Waals surface area contributed by atoms with Gasteiger partial charge in [0.1, 0.15) is 5.75 Å². The number of carbonyl (C=O) groups excluding carboxylic acids is 1. The van der Waals surface area contributed by atoms with Crippen LogP contribution in [0.4, 0.5) is 5.69 Å². The zero-order chi connectivity index (χ0) is 15.9. The number of methoxy groups -OCH3 is 1. The summed E-state index contributed by atoms with van der Waals surface area (Å²) in [6, 6.07) is 9.55. The van der Waals surface area contributed by atoms with E-state index in [4.69, 9.17) is 17.0 Å². The molecule has 0 fully saturated rings. The number of thiophene rings is 1. The molecule has 3 N–H and O–H groups in total. The third-order valence-corrected chi connectivity index (χ3v) is 3.91. The van der Waals surface area contributed by atoms with E-state index < -0.39 is 0 Å². The molecule has 0 aliphatic carbocycles. The Hall–Kier alpha value is -2.12. The Balaban J connectivity index is 1.85. The van der Waals surface area contributed by atoms with E-state index in [1.807, 2.05) is 42.6 Å². The van der Waals surface area contributed by atoms with Gasteiger partial charge in [-0.15, -0.1) is 11.3 Å². The molecule has 0 radical (unpaired) electrons. The van der Waals surface area contributed by atoms with Crippen molar-refractivity contribution < 1.29 is 9.53 Å². The summed E-state index contributed by atoms with van der Waals surface area (Å²) in [6.45, 7) is 1.98. The third kappa shape index (κ3) is 4.71. The first-order valence-corrected chi connectivity index (χ1v) is 7.90. The van der Waals surface area contributed by atoms with Gasteiger partial charge in [-0.05, 0) is 48.3 Å². The van der Waals surface area contributed by atoms with E-state index in [0.717, 1.165) is 16.1 Å². The number of amides is 1. The number of benzene rings is 1. The Kier molecular flexibility index (Phi) is 5.74. The molecule has 116 valence electrons. The fourth-order valence-corrected chi connectivity index (χ4v) is 2.68. The van der Waals surface area contributed by atoms with Crippen molar-refractivity contribution in [1.29, 1.82) is 0 Å². The fraction of sp³-hybridized carbons (Fsp3) is 0.200. The van der Waals surface area contributed by atoms with Crippen LogP contribution < -0.4 is 20.9 Å². The second kappa shape index (κ2) is 7.77. The molecule has 0 unspecified atom stereocenters. The molecule has 0 saturated carbocycles. The molecule has 0 aliphatic heterocycles. The van der Waals surface area contributed by atoms with Gasteiger partial charge < -0.3 is 10.1 Å². The number of nitrogens with one attached hydrogen (secondary N) is 3. The van der Waals surface area contributed by atoms with Crippen LogP contribution in [0.1, 0.15) is 10.4 Å². The van der Waals surface area contributed by atoms with Crippen molar-refractivity contribution in [2.24, 2.45) is 0 Å². The normalized spacial score (nSPS) is 9.91. The number of anilines is 1. The molecule has 22 heavy (non-hydrogen) atoms. The topological polar surface area (TPSA) is 62.4 Å². The first kappa shape index (κ1) is 16.3. The summed E-state index contributed by atoms with van der Waals surface area (Å²) in [6.07, 6.45) is 0.320. The van der Waals surface area contributed by atoms with Gasteiger partial charge >= 0.3 is 0 Å². The quantitative estimate of drug-likeness (QED) is 0.592. The molecule has 0 spiro atoms. The molecule has 5 nitrogen and oxygen atoms in total.